The number of H-pyrrole nitrogens is 1. The molecule has 6 nitrogen and oxygen atoms in total. The average Bonchev–Trinajstić information content (AvgIpc) is 2.86. The molecule has 0 unspecified atom stereocenters. The van der Waals surface area contributed by atoms with Crippen LogP contribution in [0.15, 0.2) is 31.0 Å². The molecule has 0 fully saturated rings. The summed E-state index contributed by atoms with van der Waals surface area (Å²) in [6, 6.07) is 5.61. The molecule has 0 aliphatic heterocycles. The zero-order chi connectivity index (χ0) is 11.7. The van der Waals surface area contributed by atoms with Crippen LogP contribution in [-0.2, 0) is 0 Å². The van der Waals surface area contributed by atoms with Gasteiger partial charge in [0.15, 0.2) is 5.65 Å². The second-order valence-corrected chi connectivity index (χ2v) is 3.33. The van der Waals surface area contributed by atoms with Crippen molar-refractivity contribution in [3.05, 3.63) is 36.7 Å². The van der Waals surface area contributed by atoms with E-state index in [4.69, 9.17) is 5.26 Å². The van der Waals surface area contributed by atoms with Crippen LogP contribution < -0.4 is 0 Å². The van der Waals surface area contributed by atoms with Gasteiger partial charge in [-0.3, -0.25) is 0 Å². The summed E-state index contributed by atoms with van der Waals surface area (Å²) in [5.74, 6) is 0. The smallest absolute Gasteiger partial charge is 0.181 e. The lowest BCUT2D eigenvalue weighted by Gasteiger charge is -2.02. The highest BCUT2D eigenvalue weighted by Gasteiger charge is 2.12. The molecule has 3 aromatic rings. The van der Waals surface area contributed by atoms with Crippen molar-refractivity contribution in [2.45, 2.75) is 0 Å². The molecule has 3 aromatic heterocycles. The first kappa shape index (κ1) is 9.42. The Labute approximate surface area is 96.0 Å². The van der Waals surface area contributed by atoms with Gasteiger partial charge in [0.1, 0.15) is 29.3 Å². The predicted molar refractivity (Wildman–Crippen MR) is 59.6 cm³/mol. The lowest BCUT2D eigenvalue weighted by molar-refractivity contribution is 1.19. The van der Waals surface area contributed by atoms with Crippen LogP contribution in [0.25, 0.3) is 22.4 Å². The van der Waals surface area contributed by atoms with Crippen LogP contribution in [0.4, 0.5) is 0 Å². The largest absolute Gasteiger partial charge is 0.341 e. The molecule has 80 valence electrons. The summed E-state index contributed by atoms with van der Waals surface area (Å²) in [7, 11) is 0. The van der Waals surface area contributed by atoms with Crippen molar-refractivity contribution in [3.8, 4) is 17.3 Å². The van der Waals surface area contributed by atoms with Crippen LogP contribution in [0.5, 0.6) is 0 Å². The van der Waals surface area contributed by atoms with Crippen LogP contribution in [0.1, 0.15) is 5.69 Å². The standard InChI is InChI=1S/C11H6N6/c12-4-8-7(2-1-3-13-8)9-10-11(16-5-14-9)17-6-15-10/h1-3,5-6H,(H,14,15,16,17). The van der Waals surface area contributed by atoms with Gasteiger partial charge in [-0.2, -0.15) is 5.26 Å². The van der Waals surface area contributed by atoms with E-state index in [9.17, 15) is 0 Å². The molecule has 0 spiro atoms. The first-order valence-corrected chi connectivity index (χ1v) is 4.89. The average molecular weight is 222 g/mol. The second-order valence-electron chi connectivity index (χ2n) is 3.33. The van der Waals surface area contributed by atoms with Gasteiger partial charge < -0.3 is 4.98 Å². The number of fused-ring (bicyclic) bond motifs is 1. The third kappa shape index (κ3) is 1.41. The Kier molecular flexibility index (Phi) is 2.02. The van der Waals surface area contributed by atoms with Gasteiger partial charge in [-0.15, -0.1) is 0 Å². The van der Waals surface area contributed by atoms with Crippen molar-refractivity contribution < 1.29 is 0 Å². The lowest BCUT2D eigenvalue weighted by atomic mass is 10.1. The fraction of sp³-hybridized carbons (Fsp3) is 0. The summed E-state index contributed by atoms with van der Waals surface area (Å²) in [5, 5.41) is 9.02. The Bertz CT molecular complexity index is 724. The molecular weight excluding hydrogens is 216 g/mol. The number of imidazole rings is 1. The Balaban J connectivity index is 2.35. The first-order valence-electron chi connectivity index (χ1n) is 4.89. The molecule has 17 heavy (non-hydrogen) atoms. The summed E-state index contributed by atoms with van der Waals surface area (Å²) in [6.45, 7) is 0. The summed E-state index contributed by atoms with van der Waals surface area (Å²) >= 11 is 0. The third-order valence-electron chi connectivity index (χ3n) is 2.39. The van der Waals surface area contributed by atoms with Crippen molar-refractivity contribution in [1.82, 2.24) is 24.9 Å². The first-order chi connectivity index (χ1) is 8.40. The SMILES string of the molecule is N#Cc1ncccc1-c1ncnc2nc[nH]c12. The molecule has 0 aliphatic carbocycles. The van der Waals surface area contributed by atoms with Gasteiger partial charge in [-0.1, -0.05) is 0 Å². The van der Waals surface area contributed by atoms with Crippen molar-refractivity contribution in [2.24, 2.45) is 0 Å². The van der Waals surface area contributed by atoms with Crippen molar-refractivity contribution >= 4 is 11.2 Å². The monoisotopic (exact) mass is 222 g/mol. The van der Waals surface area contributed by atoms with E-state index in [1.54, 1.807) is 24.7 Å². The number of aromatic amines is 1. The van der Waals surface area contributed by atoms with Gasteiger partial charge in [0, 0.05) is 11.8 Å². The minimum Gasteiger partial charge on any atom is -0.341 e. The minimum atomic E-state index is 0.335. The van der Waals surface area contributed by atoms with Crippen LogP contribution >= 0.6 is 0 Å². The maximum absolute atomic E-state index is 9.02. The number of nitriles is 1. The summed E-state index contributed by atoms with van der Waals surface area (Å²) in [5.41, 5.74) is 2.92. The van der Waals surface area contributed by atoms with Gasteiger partial charge in [-0.25, -0.2) is 19.9 Å². The number of hydrogen-bond donors (Lipinski definition) is 1. The fourth-order valence-corrected chi connectivity index (χ4v) is 1.65. The van der Waals surface area contributed by atoms with E-state index in [1.807, 2.05) is 6.07 Å². The zero-order valence-corrected chi connectivity index (χ0v) is 8.62. The topological polar surface area (TPSA) is 91.1 Å². The number of nitrogens with one attached hydrogen (secondary N) is 1. The van der Waals surface area contributed by atoms with Gasteiger partial charge in [0.25, 0.3) is 0 Å². The Morgan fingerprint density at radius 3 is 3.00 bits per heavy atom. The van der Waals surface area contributed by atoms with E-state index >= 15 is 0 Å². The number of aromatic nitrogens is 5. The zero-order valence-electron chi connectivity index (χ0n) is 8.62. The molecule has 0 saturated heterocycles. The van der Waals surface area contributed by atoms with E-state index in [0.717, 1.165) is 0 Å². The molecule has 0 aliphatic rings. The molecular formula is C11H6N6. The summed E-state index contributed by atoms with van der Waals surface area (Å²) in [6.07, 6.45) is 4.55. The summed E-state index contributed by atoms with van der Waals surface area (Å²) in [4.78, 5) is 19.2. The minimum absolute atomic E-state index is 0.335. The maximum atomic E-state index is 9.02. The van der Waals surface area contributed by atoms with E-state index in [1.165, 1.54) is 6.33 Å². The van der Waals surface area contributed by atoms with Crippen molar-refractivity contribution in [1.29, 1.82) is 5.26 Å². The van der Waals surface area contributed by atoms with E-state index in [2.05, 4.69) is 24.9 Å². The molecule has 1 N–H and O–H groups in total. The van der Waals surface area contributed by atoms with Gasteiger partial charge in [0.2, 0.25) is 0 Å². The Morgan fingerprint density at radius 1 is 1.18 bits per heavy atom. The highest BCUT2D eigenvalue weighted by molar-refractivity contribution is 5.87. The molecule has 0 aromatic carbocycles. The number of hydrogen-bond acceptors (Lipinski definition) is 5. The second kappa shape index (κ2) is 3.64. The third-order valence-corrected chi connectivity index (χ3v) is 2.39. The summed E-state index contributed by atoms with van der Waals surface area (Å²) < 4.78 is 0. The highest BCUT2D eigenvalue weighted by atomic mass is 15.0. The number of nitrogens with zero attached hydrogens (tertiary/aromatic N) is 5. The lowest BCUT2D eigenvalue weighted by Crippen LogP contribution is -1.93. The Hall–Kier alpha value is -2.81. The van der Waals surface area contributed by atoms with Crippen molar-refractivity contribution in [2.75, 3.05) is 0 Å². The maximum Gasteiger partial charge on any atom is 0.181 e. The van der Waals surface area contributed by atoms with Gasteiger partial charge >= 0.3 is 0 Å². The molecule has 0 radical (unpaired) electrons. The van der Waals surface area contributed by atoms with Gasteiger partial charge in [-0.05, 0) is 12.1 Å². The highest BCUT2D eigenvalue weighted by Crippen LogP contribution is 2.24. The molecule has 0 atom stereocenters. The van der Waals surface area contributed by atoms with E-state index in [0.29, 0.717) is 28.1 Å². The molecule has 0 amide bonds. The Morgan fingerprint density at radius 2 is 2.12 bits per heavy atom. The van der Waals surface area contributed by atoms with Crippen LogP contribution in [0.3, 0.4) is 0 Å². The number of pyridine rings is 1. The van der Waals surface area contributed by atoms with Crippen LogP contribution in [0, 0.1) is 11.3 Å². The normalized spacial score (nSPS) is 10.3. The molecule has 3 rings (SSSR count). The van der Waals surface area contributed by atoms with Gasteiger partial charge in [0.05, 0.1) is 6.33 Å². The van der Waals surface area contributed by atoms with Crippen LogP contribution in [0.2, 0.25) is 0 Å². The fourth-order valence-electron chi connectivity index (χ4n) is 1.65. The number of rotatable bonds is 1. The predicted octanol–water partition coefficient (Wildman–Crippen LogP) is 1.29. The van der Waals surface area contributed by atoms with Crippen LogP contribution in [-0.4, -0.2) is 24.9 Å². The van der Waals surface area contributed by atoms with E-state index < -0.39 is 0 Å². The molecule has 0 saturated carbocycles. The molecule has 3 heterocycles. The molecule has 6 heteroatoms. The van der Waals surface area contributed by atoms with E-state index in [-0.39, 0.29) is 0 Å². The van der Waals surface area contributed by atoms with Crippen molar-refractivity contribution in [3.63, 3.8) is 0 Å². The molecule has 0 bridgehead atoms. The quantitative estimate of drug-likeness (QED) is 0.669.